The third-order valence-corrected chi connectivity index (χ3v) is 5.40. The molecule has 156 valence electrons. The molecule has 0 spiro atoms. The van der Waals surface area contributed by atoms with Crippen molar-refractivity contribution in [2.24, 2.45) is 0 Å². The molecule has 1 saturated heterocycles. The first-order valence-electron chi connectivity index (χ1n) is 10.3. The molecule has 7 heteroatoms. The van der Waals surface area contributed by atoms with E-state index in [1.165, 1.54) is 12.8 Å². The fourth-order valence-corrected chi connectivity index (χ4v) is 3.81. The summed E-state index contributed by atoms with van der Waals surface area (Å²) in [4.78, 5) is 29.8. The number of benzene rings is 2. The van der Waals surface area contributed by atoms with Crippen LogP contribution in [0.15, 0.2) is 53.1 Å². The SMILES string of the molecule is Cc1cc(NC(=O)CN(CCN2CCCC2)C(=O)c2ccc3ccccc3c2)no1. The molecule has 0 atom stereocenters. The van der Waals surface area contributed by atoms with Gasteiger partial charge in [-0.25, -0.2) is 0 Å². The second-order valence-corrected chi connectivity index (χ2v) is 7.71. The van der Waals surface area contributed by atoms with Gasteiger partial charge in [0.1, 0.15) is 12.3 Å². The average Bonchev–Trinajstić information content (AvgIpc) is 3.42. The Balaban J connectivity index is 1.49. The van der Waals surface area contributed by atoms with Crippen LogP contribution < -0.4 is 5.32 Å². The van der Waals surface area contributed by atoms with E-state index in [2.05, 4.69) is 15.4 Å². The number of carbonyl (C=O) groups is 2. The fourth-order valence-electron chi connectivity index (χ4n) is 3.81. The number of hydrogen-bond acceptors (Lipinski definition) is 5. The number of hydrogen-bond donors (Lipinski definition) is 1. The van der Waals surface area contributed by atoms with Gasteiger partial charge in [0.15, 0.2) is 5.82 Å². The third kappa shape index (κ3) is 4.86. The Hall–Kier alpha value is -3.19. The van der Waals surface area contributed by atoms with E-state index in [4.69, 9.17) is 4.52 Å². The summed E-state index contributed by atoms with van der Waals surface area (Å²) in [5.41, 5.74) is 0.584. The minimum Gasteiger partial charge on any atom is -0.360 e. The third-order valence-electron chi connectivity index (χ3n) is 5.40. The topological polar surface area (TPSA) is 78.7 Å². The van der Waals surface area contributed by atoms with Crippen molar-refractivity contribution in [2.75, 3.05) is 38.0 Å². The van der Waals surface area contributed by atoms with Gasteiger partial charge in [0.2, 0.25) is 5.91 Å². The fraction of sp³-hybridized carbons (Fsp3) is 0.348. The largest absolute Gasteiger partial charge is 0.360 e. The van der Waals surface area contributed by atoms with E-state index in [1.807, 2.05) is 42.5 Å². The molecule has 30 heavy (non-hydrogen) atoms. The molecule has 4 rings (SSSR count). The van der Waals surface area contributed by atoms with Crippen LogP contribution in [-0.4, -0.2) is 59.5 Å². The zero-order chi connectivity index (χ0) is 20.9. The van der Waals surface area contributed by atoms with Crippen molar-refractivity contribution in [3.05, 3.63) is 59.9 Å². The summed E-state index contributed by atoms with van der Waals surface area (Å²) in [6.45, 7) is 5.07. The van der Waals surface area contributed by atoms with Crippen LogP contribution in [0.4, 0.5) is 5.82 Å². The van der Waals surface area contributed by atoms with Gasteiger partial charge in [0.25, 0.3) is 5.91 Å². The monoisotopic (exact) mass is 406 g/mol. The summed E-state index contributed by atoms with van der Waals surface area (Å²) >= 11 is 0. The highest BCUT2D eigenvalue weighted by Crippen LogP contribution is 2.17. The molecule has 3 aromatic rings. The number of aryl methyl sites for hydroxylation is 1. The number of nitrogens with one attached hydrogen (secondary N) is 1. The number of rotatable bonds is 7. The highest BCUT2D eigenvalue weighted by molar-refractivity contribution is 6.01. The molecule has 2 aromatic carbocycles. The van der Waals surface area contributed by atoms with E-state index >= 15 is 0 Å². The molecular formula is C23H26N4O3. The second kappa shape index (κ2) is 9.09. The predicted octanol–water partition coefficient (Wildman–Crippen LogP) is 3.31. The molecule has 2 heterocycles. The van der Waals surface area contributed by atoms with Crippen LogP contribution in [0.25, 0.3) is 10.8 Å². The zero-order valence-corrected chi connectivity index (χ0v) is 17.1. The van der Waals surface area contributed by atoms with Crippen LogP contribution in [0.3, 0.4) is 0 Å². The number of likely N-dealkylation sites (tertiary alicyclic amines) is 1. The molecule has 1 fully saturated rings. The first-order chi connectivity index (χ1) is 14.6. The maximum atomic E-state index is 13.3. The summed E-state index contributed by atoms with van der Waals surface area (Å²) in [6, 6.07) is 15.2. The normalized spacial score (nSPS) is 14.2. The Bertz CT molecular complexity index is 1040. The summed E-state index contributed by atoms with van der Waals surface area (Å²) in [6.07, 6.45) is 2.37. The van der Waals surface area contributed by atoms with Gasteiger partial charge < -0.3 is 19.6 Å². The van der Waals surface area contributed by atoms with Crippen molar-refractivity contribution < 1.29 is 14.1 Å². The number of nitrogens with zero attached hydrogens (tertiary/aromatic N) is 3. The van der Waals surface area contributed by atoms with Gasteiger partial charge in [-0.2, -0.15) is 0 Å². The zero-order valence-electron chi connectivity index (χ0n) is 17.1. The van der Waals surface area contributed by atoms with Crippen LogP contribution in [0.2, 0.25) is 0 Å². The van der Waals surface area contributed by atoms with E-state index in [1.54, 1.807) is 17.9 Å². The lowest BCUT2D eigenvalue weighted by Crippen LogP contribution is -2.42. The molecule has 0 aliphatic carbocycles. The van der Waals surface area contributed by atoms with Crippen LogP contribution >= 0.6 is 0 Å². The molecule has 1 aromatic heterocycles. The van der Waals surface area contributed by atoms with Gasteiger partial charge in [0, 0.05) is 24.7 Å². The van der Waals surface area contributed by atoms with Crippen molar-refractivity contribution in [3.8, 4) is 0 Å². The minimum absolute atomic E-state index is 0.0363. The van der Waals surface area contributed by atoms with E-state index < -0.39 is 0 Å². The lowest BCUT2D eigenvalue weighted by molar-refractivity contribution is -0.117. The smallest absolute Gasteiger partial charge is 0.254 e. The Labute approximate surface area is 175 Å². The van der Waals surface area contributed by atoms with Crippen LogP contribution in [-0.2, 0) is 4.79 Å². The lowest BCUT2D eigenvalue weighted by Gasteiger charge is -2.25. The van der Waals surface area contributed by atoms with Crippen molar-refractivity contribution in [1.29, 1.82) is 0 Å². The van der Waals surface area contributed by atoms with Crippen LogP contribution in [0.5, 0.6) is 0 Å². The van der Waals surface area contributed by atoms with E-state index in [-0.39, 0.29) is 18.4 Å². The van der Waals surface area contributed by atoms with Crippen LogP contribution in [0, 0.1) is 6.92 Å². The summed E-state index contributed by atoms with van der Waals surface area (Å²) < 4.78 is 4.99. The molecule has 0 radical (unpaired) electrons. The number of aromatic nitrogens is 1. The van der Waals surface area contributed by atoms with Crippen molar-refractivity contribution >= 4 is 28.4 Å². The summed E-state index contributed by atoms with van der Waals surface area (Å²) in [5.74, 6) is 0.531. The number of fused-ring (bicyclic) bond motifs is 1. The maximum absolute atomic E-state index is 13.3. The Morgan fingerprint density at radius 2 is 1.87 bits per heavy atom. The highest BCUT2D eigenvalue weighted by atomic mass is 16.5. The van der Waals surface area contributed by atoms with Crippen LogP contribution in [0.1, 0.15) is 29.0 Å². The highest BCUT2D eigenvalue weighted by Gasteiger charge is 2.21. The van der Waals surface area contributed by atoms with Gasteiger partial charge >= 0.3 is 0 Å². The molecule has 1 aliphatic rings. The van der Waals surface area contributed by atoms with Gasteiger partial charge in [-0.3, -0.25) is 9.59 Å². The molecule has 1 N–H and O–H groups in total. The molecule has 0 saturated carbocycles. The summed E-state index contributed by atoms with van der Waals surface area (Å²) in [5, 5.41) is 8.58. The molecule has 2 amide bonds. The molecule has 7 nitrogen and oxygen atoms in total. The molecule has 0 bridgehead atoms. The van der Waals surface area contributed by atoms with Gasteiger partial charge in [0.05, 0.1) is 0 Å². The number of carbonyl (C=O) groups excluding carboxylic acids is 2. The lowest BCUT2D eigenvalue weighted by atomic mass is 10.1. The predicted molar refractivity (Wildman–Crippen MR) is 115 cm³/mol. The quantitative estimate of drug-likeness (QED) is 0.651. The number of amides is 2. The Kier molecular flexibility index (Phi) is 6.09. The van der Waals surface area contributed by atoms with E-state index in [0.29, 0.717) is 23.7 Å². The number of anilines is 1. The second-order valence-electron chi connectivity index (χ2n) is 7.71. The van der Waals surface area contributed by atoms with Crippen molar-refractivity contribution in [1.82, 2.24) is 15.0 Å². The molecule has 1 aliphatic heterocycles. The summed E-state index contributed by atoms with van der Waals surface area (Å²) in [7, 11) is 0. The van der Waals surface area contributed by atoms with Gasteiger partial charge in [-0.1, -0.05) is 35.5 Å². The standard InChI is InChI=1S/C23H26N4O3/c1-17-14-21(25-30-17)24-22(28)16-27(13-12-26-10-4-5-11-26)23(29)20-9-8-18-6-2-3-7-19(18)15-20/h2-3,6-9,14-15H,4-5,10-13,16H2,1H3,(H,24,25,28). The average molecular weight is 406 g/mol. The van der Waals surface area contributed by atoms with E-state index in [9.17, 15) is 9.59 Å². The first-order valence-corrected chi connectivity index (χ1v) is 10.3. The van der Waals surface area contributed by atoms with E-state index in [0.717, 1.165) is 30.4 Å². The van der Waals surface area contributed by atoms with Gasteiger partial charge in [-0.05, 0) is 55.8 Å². The Morgan fingerprint density at radius 3 is 2.60 bits per heavy atom. The first kappa shape index (κ1) is 20.1. The molecule has 0 unspecified atom stereocenters. The van der Waals surface area contributed by atoms with Crippen molar-refractivity contribution in [2.45, 2.75) is 19.8 Å². The van der Waals surface area contributed by atoms with Crippen molar-refractivity contribution in [3.63, 3.8) is 0 Å². The maximum Gasteiger partial charge on any atom is 0.254 e. The Morgan fingerprint density at radius 1 is 1.10 bits per heavy atom. The minimum atomic E-state index is -0.293. The van der Waals surface area contributed by atoms with Gasteiger partial charge in [-0.15, -0.1) is 0 Å². The molecular weight excluding hydrogens is 380 g/mol.